The van der Waals surface area contributed by atoms with Crippen molar-refractivity contribution in [3.63, 3.8) is 0 Å². The number of hydrogen-bond acceptors (Lipinski definition) is 2. The average Bonchev–Trinajstić information content (AvgIpc) is 1.96. The van der Waals surface area contributed by atoms with Crippen LogP contribution < -0.4 is 11.1 Å². The fraction of sp³-hybridized carbons (Fsp3) is 0.857. The molecule has 0 atom stereocenters. The van der Waals surface area contributed by atoms with Gasteiger partial charge >= 0.3 is 6.03 Å². The number of nitrogens with one attached hydrogen (secondary N) is 1. The van der Waals surface area contributed by atoms with Crippen LogP contribution in [0.2, 0.25) is 0 Å². The Morgan fingerprint density at radius 1 is 1.27 bits per heavy atom. The SMILES string of the molecule is NC(=O)NCCCCCCO. The lowest BCUT2D eigenvalue weighted by Gasteiger charge is -2.00. The molecule has 0 spiro atoms. The van der Waals surface area contributed by atoms with Crippen molar-refractivity contribution in [2.75, 3.05) is 13.2 Å². The fourth-order valence-corrected chi connectivity index (χ4v) is 0.802. The lowest BCUT2D eigenvalue weighted by Crippen LogP contribution is -2.29. The molecule has 11 heavy (non-hydrogen) atoms. The lowest BCUT2D eigenvalue weighted by molar-refractivity contribution is 0.248. The normalized spacial score (nSPS) is 9.55. The van der Waals surface area contributed by atoms with Crippen LogP contribution in [-0.2, 0) is 0 Å². The first-order chi connectivity index (χ1) is 5.27. The third-order valence-corrected chi connectivity index (χ3v) is 1.38. The van der Waals surface area contributed by atoms with Gasteiger partial charge in [0.05, 0.1) is 0 Å². The molecule has 4 heteroatoms. The molecular formula is C7H16N2O2. The van der Waals surface area contributed by atoms with Crippen LogP contribution in [-0.4, -0.2) is 24.3 Å². The average molecular weight is 160 g/mol. The van der Waals surface area contributed by atoms with Gasteiger partial charge in [0.2, 0.25) is 0 Å². The van der Waals surface area contributed by atoms with Crippen LogP contribution in [0.5, 0.6) is 0 Å². The molecule has 0 aromatic rings. The van der Waals surface area contributed by atoms with Gasteiger partial charge < -0.3 is 16.2 Å². The highest BCUT2D eigenvalue weighted by Crippen LogP contribution is 1.96. The molecule has 0 heterocycles. The molecule has 66 valence electrons. The number of amides is 2. The zero-order valence-electron chi connectivity index (χ0n) is 6.68. The number of aliphatic hydroxyl groups is 1. The molecule has 0 saturated heterocycles. The monoisotopic (exact) mass is 160 g/mol. The van der Waals surface area contributed by atoms with E-state index in [-0.39, 0.29) is 6.61 Å². The number of hydrogen-bond donors (Lipinski definition) is 3. The second-order valence-corrected chi connectivity index (χ2v) is 2.43. The Hall–Kier alpha value is -0.770. The predicted molar refractivity (Wildman–Crippen MR) is 43.1 cm³/mol. The maximum absolute atomic E-state index is 10.2. The smallest absolute Gasteiger partial charge is 0.312 e. The predicted octanol–water partition coefficient (Wildman–Crippen LogP) is 0.207. The Kier molecular flexibility index (Phi) is 6.82. The molecule has 2 amide bonds. The highest BCUT2D eigenvalue weighted by Gasteiger charge is 1.91. The van der Waals surface area contributed by atoms with Gasteiger partial charge in [-0.05, 0) is 12.8 Å². The maximum Gasteiger partial charge on any atom is 0.312 e. The number of rotatable bonds is 6. The van der Waals surface area contributed by atoms with Crippen molar-refractivity contribution in [3.8, 4) is 0 Å². The van der Waals surface area contributed by atoms with Gasteiger partial charge in [0.1, 0.15) is 0 Å². The van der Waals surface area contributed by atoms with Crippen molar-refractivity contribution in [1.29, 1.82) is 0 Å². The zero-order chi connectivity index (χ0) is 8.53. The zero-order valence-corrected chi connectivity index (χ0v) is 6.68. The molecule has 0 unspecified atom stereocenters. The van der Waals surface area contributed by atoms with E-state index in [0.29, 0.717) is 6.54 Å². The second kappa shape index (κ2) is 7.34. The Morgan fingerprint density at radius 2 is 1.91 bits per heavy atom. The number of urea groups is 1. The van der Waals surface area contributed by atoms with Crippen LogP contribution in [0.25, 0.3) is 0 Å². The summed E-state index contributed by atoms with van der Waals surface area (Å²) in [7, 11) is 0. The Labute approximate surface area is 66.8 Å². The minimum atomic E-state index is -0.466. The van der Waals surface area contributed by atoms with E-state index < -0.39 is 6.03 Å². The molecule has 0 aliphatic heterocycles. The summed E-state index contributed by atoms with van der Waals surface area (Å²) in [5, 5.41) is 10.9. The van der Waals surface area contributed by atoms with E-state index in [1.54, 1.807) is 0 Å². The molecule has 0 radical (unpaired) electrons. The van der Waals surface area contributed by atoms with E-state index in [1.165, 1.54) is 0 Å². The highest BCUT2D eigenvalue weighted by molar-refractivity contribution is 5.71. The van der Waals surface area contributed by atoms with Crippen LogP contribution in [0.15, 0.2) is 0 Å². The maximum atomic E-state index is 10.2. The molecule has 0 fully saturated rings. The van der Waals surface area contributed by atoms with Gasteiger partial charge in [-0.2, -0.15) is 0 Å². The first-order valence-electron chi connectivity index (χ1n) is 3.91. The number of nitrogens with two attached hydrogens (primary N) is 1. The minimum absolute atomic E-state index is 0.253. The Bertz CT molecular complexity index is 107. The third kappa shape index (κ3) is 9.23. The van der Waals surface area contributed by atoms with Crippen molar-refractivity contribution in [2.24, 2.45) is 5.73 Å². The van der Waals surface area contributed by atoms with E-state index in [1.807, 2.05) is 0 Å². The van der Waals surface area contributed by atoms with E-state index in [9.17, 15) is 4.79 Å². The number of primary amides is 1. The van der Waals surface area contributed by atoms with Gasteiger partial charge in [-0.25, -0.2) is 4.79 Å². The largest absolute Gasteiger partial charge is 0.396 e. The first kappa shape index (κ1) is 10.2. The van der Waals surface area contributed by atoms with Crippen molar-refractivity contribution < 1.29 is 9.90 Å². The standard InChI is InChI=1S/C7H16N2O2/c8-7(11)9-5-3-1-2-4-6-10/h10H,1-6H2,(H3,8,9,11). The van der Waals surface area contributed by atoms with Gasteiger partial charge in [0.15, 0.2) is 0 Å². The summed E-state index contributed by atoms with van der Waals surface area (Å²) in [5.41, 5.74) is 4.84. The third-order valence-electron chi connectivity index (χ3n) is 1.38. The van der Waals surface area contributed by atoms with Crippen molar-refractivity contribution in [1.82, 2.24) is 5.32 Å². The number of carbonyl (C=O) groups is 1. The minimum Gasteiger partial charge on any atom is -0.396 e. The van der Waals surface area contributed by atoms with E-state index in [4.69, 9.17) is 10.8 Å². The summed E-state index contributed by atoms with van der Waals surface area (Å²) in [6.45, 7) is 0.893. The van der Waals surface area contributed by atoms with Gasteiger partial charge in [-0.3, -0.25) is 0 Å². The summed E-state index contributed by atoms with van der Waals surface area (Å²) in [4.78, 5) is 10.2. The van der Waals surface area contributed by atoms with E-state index in [2.05, 4.69) is 5.32 Å². The number of unbranched alkanes of at least 4 members (excludes halogenated alkanes) is 3. The summed E-state index contributed by atoms with van der Waals surface area (Å²) in [6.07, 6.45) is 3.82. The van der Waals surface area contributed by atoms with Gasteiger partial charge in [0, 0.05) is 13.2 Å². The van der Waals surface area contributed by atoms with Crippen molar-refractivity contribution >= 4 is 6.03 Å². The van der Waals surface area contributed by atoms with Crippen LogP contribution in [0, 0.1) is 0 Å². The Morgan fingerprint density at radius 3 is 2.45 bits per heavy atom. The summed E-state index contributed by atoms with van der Waals surface area (Å²) in [5.74, 6) is 0. The molecule has 0 bridgehead atoms. The molecule has 0 aromatic heterocycles. The highest BCUT2D eigenvalue weighted by atomic mass is 16.2. The topological polar surface area (TPSA) is 75.4 Å². The quantitative estimate of drug-likeness (QED) is 0.486. The molecule has 0 aliphatic rings. The summed E-state index contributed by atoms with van der Waals surface area (Å²) in [6, 6.07) is -0.466. The summed E-state index contributed by atoms with van der Waals surface area (Å²) < 4.78 is 0. The lowest BCUT2D eigenvalue weighted by atomic mass is 10.2. The molecule has 0 aliphatic carbocycles. The molecule has 4 N–H and O–H groups in total. The van der Waals surface area contributed by atoms with Crippen LogP contribution in [0.3, 0.4) is 0 Å². The number of carbonyl (C=O) groups excluding carboxylic acids is 1. The van der Waals surface area contributed by atoms with Crippen LogP contribution in [0.4, 0.5) is 4.79 Å². The summed E-state index contributed by atoms with van der Waals surface area (Å²) >= 11 is 0. The van der Waals surface area contributed by atoms with Gasteiger partial charge in [-0.1, -0.05) is 12.8 Å². The molecule has 0 rings (SSSR count). The van der Waals surface area contributed by atoms with E-state index in [0.717, 1.165) is 25.7 Å². The van der Waals surface area contributed by atoms with Gasteiger partial charge in [-0.15, -0.1) is 0 Å². The fourth-order valence-electron chi connectivity index (χ4n) is 0.802. The van der Waals surface area contributed by atoms with Gasteiger partial charge in [0.25, 0.3) is 0 Å². The van der Waals surface area contributed by atoms with E-state index >= 15 is 0 Å². The van der Waals surface area contributed by atoms with Crippen molar-refractivity contribution in [3.05, 3.63) is 0 Å². The van der Waals surface area contributed by atoms with Crippen LogP contribution in [0.1, 0.15) is 25.7 Å². The van der Waals surface area contributed by atoms with Crippen molar-refractivity contribution in [2.45, 2.75) is 25.7 Å². The molecule has 4 nitrogen and oxygen atoms in total. The molecular weight excluding hydrogens is 144 g/mol. The first-order valence-corrected chi connectivity index (χ1v) is 3.91. The Balaban J connectivity index is 2.85. The second-order valence-electron chi connectivity index (χ2n) is 2.43. The number of aliphatic hydroxyl groups excluding tert-OH is 1. The molecule has 0 saturated carbocycles. The van der Waals surface area contributed by atoms with Crippen LogP contribution >= 0.6 is 0 Å². The molecule has 0 aromatic carbocycles.